The predicted octanol–water partition coefficient (Wildman–Crippen LogP) is 2.53. The molecular formula is C11H14ClNO2. The third kappa shape index (κ3) is 2.63. The molecule has 0 fully saturated rings. The molecule has 1 aromatic rings. The Morgan fingerprint density at radius 2 is 2.07 bits per heavy atom. The smallest absolute Gasteiger partial charge is 0.257 e. The van der Waals surface area contributed by atoms with Crippen molar-refractivity contribution in [2.45, 2.75) is 19.9 Å². The van der Waals surface area contributed by atoms with E-state index in [0.717, 1.165) is 0 Å². The van der Waals surface area contributed by atoms with Crippen LogP contribution in [-0.4, -0.2) is 29.0 Å². The number of amides is 1. The van der Waals surface area contributed by atoms with Crippen molar-refractivity contribution in [3.05, 3.63) is 28.8 Å². The Hall–Kier alpha value is -1.22. The molecule has 0 aromatic heterocycles. The van der Waals surface area contributed by atoms with Crippen LogP contribution in [0.2, 0.25) is 5.02 Å². The highest BCUT2D eigenvalue weighted by Gasteiger charge is 2.17. The van der Waals surface area contributed by atoms with Gasteiger partial charge in [0.15, 0.2) is 0 Å². The van der Waals surface area contributed by atoms with Crippen LogP contribution in [0.1, 0.15) is 24.2 Å². The first kappa shape index (κ1) is 11.9. The van der Waals surface area contributed by atoms with Crippen molar-refractivity contribution in [1.82, 2.24) is 4.90 Å². The molecular weight excluding hydrogens is 214 g/mol. The molecule has 0 spiro atoms. The highest BCUT2D eigenvalue weighted by Crippen LogP contribution is 2.23. The minimum atomic E-state index is -0.209. The van der Waals surface area contributed by atoms with Gasteiger partial charge in [0.05, 0.1) is 5.56 Å². The zero-order valence-corrected chi connectivity index (χ0v) is 9.75. The van der Waals surface area contributed by atoms with E-state index in [1.807, 2.05) is 13.8 Å². The van der Waals surface area contributed by atoms with Gasteiger partial charge in [-0.15, -0.1) is 0 Å². The molecule has 0 saturated heterocycles. The second-order valence-corrected chi connectivity index (χ2v) is 4.11. The number of halogens is 1. The first-order chi connectivity index (χ1) is 6.93. The fraction of sp³-hybridized carbons (Fsp3) is 0.364. The summed E-state index contributed by atoms with van der Waals surface area (Å²) in [5.41, 5.74) is 0.274. The number of benzene rings is 1. The summed E-state index contributed by atoms with van der Waals surface area (Å²) >= 11 is 5.68. The van der Waals surface area contributed by atoms with E-state index in [0.29, 0.717) is 5.02 Å². The Labute approximate surface area is 94.3 Å². The van der Waals surface area contributed by atoms with Gasteiger partial charge >= 0.3 is 0 Å². The van der Waals surface area contributed by atoms with E-state index >= 15 is 0 Å². The number of phenols is 1. The molecule has 3 nitrogen and oxygen atoms in total. The van der Waals surface area contributed by atoms with Gasteiger partial charge in [0.1, 0.15) is 5.75 Å². The molecule has 1 aromatic carbocycles. The van der Waals surface area contributed by atoms with Gasteiger partial charge < -0.3 is 10.0 Å². The van der Waals surface area contributed by atoms with Gasteiger partial charge in [0.2, 0.25) is 0 Å². The molecule has 0 heterocycles. The molecule has 0 bridgehead atoms. The Bertz CT molecular complexity index is 377. The minimum absolute atomic E-state index is 0.0833. The number of aromatic hydroxyl groups is 1. The van der Waals surface area contributed by atoms with Gasteiger partial charge in [-0.1, -0.05) is 11.6 Å². The molecule has 1 rings (SSSR count). The van der Waals surface area contributed by atoms with Crippen molar-refractivity contribution in [2.75, 3.05) is 7.05 Å². The summed E-state index contributed by atoms with van der Waals surface area (Å²) in [6.07, 6.45) is 0. The third-order valence-electron chi connectivity index (χ3n) is 2.29. The monoisotopic (exact) mass is 227 g/mol. The second kappa shape index (κ2) is 4.53. The lowest BCUT2D eigenvalue weighted by Gasteiger charge is -2.21. The number of phenolic OH excluding ortho intramolecular Hbond substituents is 1. The van der Waals surface area contributed by atoms with E-state index < -0.39 is 0 Å². The van der Waals surface area contributed by atoms with Crippen molar-refractivity contribution in [2.24, 2.45) is 0 Å². The van der Waals surface area contributed by atoms with Crippen LogP contribution < -0.4 is 0 Å². The van der Waals surface area contributed by atoms with E-state index in [4.69, 9.17) is 11.6 Å². The molecule has 1 amide bonds. The number of hydrogen-bond acceptors (Lipinski definition) is 2. The molecule has 0 aliphatic rings. The Balaban J connectivity index is 3.01. The van der Waals surface area contributed by atoms with E-state index in [-0.39, 0.29) is 23.3 Å². The van der Waals surface area contributed by atoms with Crippen molar-refractivity contribution in [1.29, 1.82) is 0 Å². The average Bonchev–Trinajstić information content (AvgIpc) is 2.15. The van der Waals surface area contributed by atoms with Crippen molar-refractivity contribution in [3.63, 3.8) is 0 Å². The summed E-state index contributed by atoms with van der Waals surface area (Å²) in [5, 5.41) is 9.97. The Morgan fingerprint density at radius 1 is 1.47 bits per heavy atom. The molecule has 0 radical (unpaired) electrons. The number of hydrogen-bond donors (Lipinski definition) is 1. The summed E-state index contributed by atoms with van der Waals surface area (Å²) < 4.78 is 0. The lowest BCUT2D eigenvalue weighted by molar-refractivity contribution is 0.0752. The summed E-state index contributed by atoms with van der Waals surface area (Å²) in [6.45, 7) is 3.82. The number of rotatable bonds is 2. The zero-order valence-electron chi connectivity index (χ0n) is 8.99. The molecule has 15 heavy (non-hydrogen) atoms. The quantitative estimate of drug-likeness (QED) is 0.844. The largest absolute Gasteiger partial charge is 0.507 e. The van der Waals surface area contributed by atoms with Crippen LogP contribution >= 0.6 is 11.6 Å². The summed E-state index contributed by atoms with van der Waals surface area (Å²) in [5.74, 6) is -0.292. The highest BCUT2D eigenvalue weighted by atomic mass is 35.5. The Morgan fingerprint density at radius 3 is 2.53 bits per heavy atom. The van der Waals surface area contributed by atoms with Crippen molar-refractivity contribution >= 4 is 17.5 Å². The topological polar surface area (TPSA) is 40.5 Å². The van der Waals surface area contributed by atoms with Crippen LogP contribution in [0.5, 0.6) is 5.75 Å². The summed E-state index contributed by atoms with van der Waals surface area (Å²) in [7, 11) is 1.70. The van der Waals surface area contributed by atoms with Crippen LogP contribution in [0.25, 0.3) is 0 Å². The standard InChI is InChI=1S/C11H14ClNO2/c1-7(2)13(3)11(15)9-5-4-8(12)6-10(9)14/h4-7,14H,1-3H3. The van der Waals surface area contributed by atoms with Crippen molar-refractivity contribution in [3.8, 4) is 5.75 Å². The number of carbonyl (C=O) groups excluding carboxylic acids is 1. The molecule has 1 N–H and O–H groups in total. The first-order valence-electron chi connectivity index (χ1n) is 4.69. The molecule has 82 valence electrons. The second-order valence-electron chi connectivity index (χ2n) is 3.67. The highest BCUT2D eigenvalue weighted by molar-refractivity contribution is 6.30. The van der Waals surface area contributed by atoms with Crippen LogP contribution in [0.15, 0.2) is 18.2 Å². The van der Waals surface area contributed by atoms with Gasteiger partial charge in [-0.25, -0.2) is 0 Å². The normalized spacial score (nSPS) is 10.5. The first-order valence-corrected chi connectivity index (χ1v) is 5.07. The van der Waals surface area contributed by atoms with Gasteiger partial charge in [-0.3, -0.25) is 4.79 Å². The minimum Gasteiger partial charge on any atom is -0.507 e. The van der Waals surface area contributed by atoms with Crippen LogP contribution in [-0.2, 0) is 0 Å². The summed E-state index contributed by atoms with van der Waals surface area (Å²) in [4.78, 5) is 13.4. The lowest BCUT2D eigenvalue weighted by atomic mass is 10.1. The fourth-order valence-corrected chi connectivity index (χ4v) is 1.28. The van der Waals surface area contributed by atoms with E-state index in [2.05, 4.69) is 0 Å². The van der Waals surface area contributed by atoms with Gasteiger partial charge in [0.25, 0.3) is 5.91 Å². The van der Waals surface area contributed by atoms with Crippen LogP contribution in [0.4, 0.5) is 0 Å². The van der Waals surface area contributed by atoms with E-state index in [9.17, 15) is 9.90 Å². The molecule has 0 atom stereocenters. The van der Waals surface area contributed by atoms with E-state index in [1.165, 1.54) is 12.1 Å². The Kier molecular flexibility index (Phi) is 3.58. The van der Waals surface area contributed by atoms with E-state index in [1.54, 1.807) is 18.0 Å². The molecule has 0 aliphatic carbocycles. The molecule has 0 saturated carbocycles. The van der Waals surface area contributed by atoms with Crippen LogP contribution in [0.3, 0.4) is 0 Å². The van der Waals surface area contributed by atoms with Crippen molar-refractivity contribution < 1.29 is 9.90 Å². The maximum absolute atomic E-state index is 11.8. The number of nitrogens with zero attached hydrogens (tertiary/aromatic N) is 1. The average molecular weight is 228 g/mol. The number of carbonyl (C=O) groups is 1. The molecule has 0 aliphatic heterocycles. The molecule has 0 unspecified atom stereocenters. The van der Waals surface area contributed by atoms with Gasteiger partial charge in [0, 0.05) is 18.1 Å². The predicted molar refractivity (Wildman–Crippen MR) is 60.3 cm³/mol. The van der Waals surface area contributed by atoms with Gasteiger partial charge in [-0.2, -0.15) is 0 Å². The maximum Gasteiger partial charge on any atom is 0.257 e. The maximum atomic E-state index is 11.8. The fourth-order valence-electron chi connectivity index (χ4n) is 1.11. The third-order valence-corrected chi connectivity index (χ3v) is 2.52. The molecule has 4 heteroatoms. The SMILES string of the molecule is CC(C)N(C)C(=O)c1ccc(Cl)cc1O. The van der Waals surface area contributed by atoms with Gasteiger partial charge in [-0.05, 0) is 32.0 Å². The zero-order chi connectivity index (χ0) is 11.6. The summed E-state index contributed by atoms with van der Waals surface area (Å²) in [6, 6.07) is 4.57. The lowest BCUT2D eigenvalue weighted by Crippen LogP contribution is -2.32. The van der Waals surface area contributed by atoms with Crippen LogP contribution in [0, 0.1) is 0 Å².